The van der Waals surface area contributed by atoms with Gasteiger partial charge in [0.2, 0.25) is 5.91 Å². The van der Waals surface area contributed by atoms with Crippen LogP contribution in [0.5, 0.6) is 0 Å². The summed E-state index contributed by atoms with van der Waals surface area (Å²) in [4.78, 5) is 11.6. The van der Waals surface area contributed by atoms with Crippen molar-refractivity contribution in [2.24, 2.45) is 17.6 Å². The van der Waals surface area contributed by atoms with E-state index in [0.29, 0.717) is 12.5 Å². The molecule has 0 fully saturated rings. The summed E-state index contributed by atoms with van der Waals surface area (Å²) in [6.07, 6.45) is 1.84. The maximum atomic E-state index is 11.6. The van der Waals surface area contributed by atoms with Crippen LogP contribution in [0.15, 0.2) is 0 Å². The number of hydrogen-bond acceptors (Lipinski definition) is 2. The smallest absolute Gasteiger partial charge is 0.223 e. The van der Waals surface area contributed by atoms with Crippen LogP contribution in [0.1, 0.15) is 40.5 Å². The van der Waals surface area contributed by atoms with Crippen molar-refractivity contribution in [2.75, 3.05) is 6.54 Å². The molecule has 0 heterocycles. The molecule has 2 unspecified atom stereocenters. The fraction of sp³-hybridized carbons (Fsp3) is 0.909. The molecule has 0 aliphatic rings. The van der Waals surface area contributed by atoms with E-state index in [1.165, 1.54) is 0 Å². The molecule has 3 nitrogen and oxygen atoms in total. The van der Waals surface area contributed by atoms with Crippen LogP contribution < -0.4 is 11.1 Å². The van der Waals surface area contributed by atoms with Crippen molar-refractivity contribution in [3.8, 4) is 0 Å². The molecule has 0 aromatic carbocycles. The van der Waals surface area contributed by atoms with Gasteiger partial charge in [-0.25, -0.2) is 0 Å². The number of carbonyl (C=O) groups excluding carboxylic acids is 1. The van der Waals surface area contributed by atoms with Crippen LogP contribution in [-0.2, 0) is 4.79 Å². The fourth-order valence-electron chi connectivity index (χ4n) is 1.31. The molecule has 0 saturated heterocycles. The van der Waals surface area contributed by atoms with Crippen LogP contribution in [0.2, 0.25) is 0 Å². The second-order valence-corrected chi connectivity index (χ2v) is 4.38. The molecule has 0 radical (unpaired) electrons. The molecule has 0 aromatic rings. The highest BCUT2D eigenvalue weighted by Gasteiger charge is 2.15. The predicted molar refractivity (Wildman–Crippen MR) is 67.1 cm³/mol. The average Bonchev–Trinajstić information content (AvgIpc) is 2.14. The van der Waals surface area contributed by atoms with Gasteiger partial charge in [-0.15, -0.1) is 12.4 Å². The first-order chi connectivity index (χ1) is 6.51. The van der Waals surface area contributed by atoms with Crippen molar-refractivity contribution in [2.45, 2.75) is 46.6 Å². The van der Waals surface area contributed by atoms with Crippen LogP contribution in [0.4, 0.5) is 0 Å². The first-order valence-electron chi connectivity index (χ1n) is 5.51. The van der Waals surface area contributed by atoms with E-state index in [1.54, 1.807) is 0 Å². The third kappa shape index (κ3) is 7.63. The van der Waals surface area contributed by atoms with Gasteiger partial charge < -0.3 is 11.1 Å². The summed E-state index contributed by atoms with van der Waals surface area (Å²) in [5, 5.41) is 2.98. The summed E-state index contributed by atoms with van der Waals surface area (Å²) < 4.78 is 0. The molecular formula is C11H25ClN2O. The van der Waals surface area contributed by atoms with Crippen molar-refractivity contribution in [1.82, 2.24) is 5.32 Å². The van der Waals surface area contributed by atoms with Crippen molar-refractivity contribution < 1.29 is 4.79 Å². The Morgan fingerprint density at radius 3 is 2.20 bits per heavy atom. The largest absolute Gasteiger partial charge is 0.352 e. The van der Waals surface area contributed by atoms with Crippen LogP contribution in [0.25, 0.3) is 0 Å². The Labute approximate surface area is 99.6 Å². The highest BCUT2D eigenvalue weighted by molar-refractivity contribution is 5.85. The molecule has 0 saturated carbocycles. The number of nitrogens with two attached hydrogens (primary N) is 1. The Kier molecular flexibility index (Phi) is 10.3. The zero-order chi connectivity index (χ0) is 11.1. The van der Waals surface area contributed by atoms with E-state index in [0.717, 1.165) is 12.8 Å². The quantitative estimate of drug-likeness (QED) is 0.741. The van der Waals surface area contributed by atoms with Crippen LogP contribution in [-0.4, -0.2) is 18.5 Å². The molecule has 0 aliphatic heterocycles. The molecule has 2 atom stereocenters. The van der Waals surface area contributed by atoms with E-state index in [-0.39, 0.29) is 30.3 Å². The summed E-state index contributed by atoms with van der Waals surface area (Å²) in [5.41, 5.74) is 5.60. The Morgan fingerprint density at radius 1 is 1.33 bits per heavy atom. The second-order valence-electron chi connectivity index (χ2n) is 4.38. The summed E-state index contributed by atoms with van der Waals surface area (Å²) in [7, 11) is 0. The van der Waals surface area contributed by atoms with Crippen molar-refractivity contribution in [1.29, 1.82) is 0 Å². The maximum Gasteiger partial charge on any atom is 0.223 e. The Morgan fingerprint density at radius 2 is 1.87 bits per heavy atom. The number of amides is 1. The lowest BCUT2D eigenvalue weighted by Gasteiger charge is -2.20. The molecule has 0 bridgehead atoms. The van der Waals surface area contributed by atoms with Gasteiger partial charge in [0.15, 0.2) is 0 Å². The molecule has 0 aromatic heterocycles. The third-order valence-electron chi connectivity index (χ3n) is 2.45. The summed E-state index contributed by atoms with van der Waals surface area (Å²) in [5.74, 6) is 0.792. The second kappa shape index (κ2) is 8.98. The summed E-state index contributed by atoms with van der Waals surface area (Å²) in [6.45, 7) is 8.76. The molecule has 3 N–H and O–H groups in total. The van der Waals surface area contributed by atoms with E-state index < -0.39 is 0 Å². The molecule has 1 amide bonds. The first-order valence-corrected chi connectivity index (χ1v) is 5.51. The van der Waals surface area contributed by atoms with Crippen LogP contribution in [0.3, 0.4) is 0 Å². The summed E-state index contributed by atoms with van der Waals surface area (Å²) in [6, 6.07) is 0.136. The predicted octanol–water partition coefficient (Wildman–Crippen LogP) is 1.94. The zero-order valence-electron chi connectivity index (χ0n) is 10.2. The Hall–Kier alpha value is -0.280. The van der Waals surface area contributed by atoms with Gasteiger partial charge in [-0.3, -0.25) is 4.79 Å². The Bertz CT molecular complexity index is 174. The third-order valence-corrected chi connectivity index (χ3v) is 2.45. The lowest BCUT2D eigenvalue weighted by Crippen LogP contribution is -2.43. The number of carbonyl (C=O) groups is 1. The molecule has 92 valence electrons. The van der Waals surface area contributed by atoms with Gasteiger partial charge in [0, 0.05) is 18.5 Å². The van der Waals surface area contributed by atoms with Gasteiger partial charge in [-0.2, -0.15) is 0 Å². The van der Waals surface area contributed by atoms with E-state index in [4.69, 9.17) is 5.73 Å². The molecule has 4 heteroatoms. The number of halogens is 1. The first kappa shape index (κ1) is 17.1. The van der Waals surface area contributed by atoms with Crippen LogP contribution >= 0.6 is 12.4 Å². The molecule has 15 heavy (non-hydrogen) atoms. The normalized spacial score (nSPS) is 14.3. The number of hydrogen-bond donors (Lipinski definition) is 2. The lowest BCUT2D eigenvalue weighted by atomic mass is 10.0. The van der Waals surface area contributed by atoms with Gasteiger partial charge in [-0.1, -0.05) is 27.7 Å². The lowest BCUT2D eigenvalue weighted by molar-refractivity contribution is -0.125. The fourth-order valence-corrected chi connectivity index (χ4v) is 1.31. The van der Waals surface area contributed by atoms with Crippen molar-refractivity contribution in [3.05, 3.63) is 0 Å². The highest BCUT2D eigenvalue weighted by Crippen LogP contribution is 2.06. The van der Waals surface area contributed by atoms with Gasteiger partial charge in [0.1, 0.15) is 0 Å². The molecule has 0 aliphatic carbocycles. The van der Waals surface area contributed by atoms with Crippen LogP contribution in [0, 0.1) is 11.8 Å². The van der Waals surface area contributed by atoms with Gasteiger partial charge in [-0.05, 0) is 18.8 Å². The van der Waals surface area contributed by atoms with E-state index >= 15 is 0 Å². The zero-order valence-corrected chi connectivity index (χ0v) is 11.1. The van der Waals surface area contributed by atoms with Gasteiger partial charge >= 0.3 is 0 Å². The SMILES string of the molecule is CCC(C)C(=O)NC(CN)CC(C)C.Cl. The maximum absolute atomic E-state index is 11.6. The summed E-state index contributed by atoms with van der Waals surface area (Å²) >= 11 is 0. The number of nitrogens with one attached hydrogen (secondary N) is 1. The minimum absolute atomic E-state index is 0. The Balaban J connectivity index is 0. The molecule has 0 spiro atoms. The standard InChI is InChI=1S/C11H24N2O.ClH/c1-5-9(4)11(14)13-10(7-12)6-8(2)3;/h8-10H,5-7,12H2,1-4H3,(H,13,14);1H. The molecular weight excluding hydrogens is 212 g/mol. The monoisotopic (exact) mass is 236 g/mol. The van der Waals surface area contributed by atoms with Crippen molar-refractivity contribution >= 4 is 18.3 Å². The van der Waals surface area contributed by atoms with E-state index in [2.05, 4.69) is 19.2 Å². The molecule has 0 rings (SSSR count). The van der Waals surface area contributed by atoms with E-state index in [9.17, 15) is 4.79 Å². The number of rotatable bonds is 6. The minimum Gasteiger partial charge on any atom is -0.352 e. The topological polar surface area (TPSA) is 55.1 Å². The highest BCUT2D eigenvalue weighted by atomic mass is 35.5. The van der Waals surface area contributed by atoms with Gasteiger partial charge in [0.25, 0.3) is 0 Å². The van der Waals surface area contributed by atoms with Crippen molar-refractivity contribution in [3.63, 3.8) is 0 Å². The van der Waals surface area contributed by atoms with E-state index in [1.807, 2.05) is 13.8 Å². The van der Waals surface area contributed by atoms with Gasteiger partial charge in [0.05, 0.1) is 0 Å². The minimum atomic E-state index is 0. The average molecular weight is 237 g/mol.